The fourth-order valence-electron chi connectivity index (χ4n) is 1.34. The predicted molar refractivity (Wildman–Crippen MR) is 90.2 cm³/mol. The Labute approximate surface area is 130 Å². The molecule has 122 valence electrons. The number of hydrogen-bond donors (Lipinski definition) is 1. The lowest BCUT2D eigenvalue weighted by atomic mass is 10.2. The Morgan fingerprint density at radius 2 is 1.48 bits per heavy atom. The Morgan fingerprint density at radius 3 is 2.00 bits per heavy atom. The summed E-state index contributed by atoms with van der Waals surface area (Å²) in [7, 11) is 0. The highest BCUT2D eigenvalue weighted by Gasteiger charge is 1.87. The lowest BCUT2D eigenvalue weighted by Crippen LogP contribution is -1.98. The normalized spacial score (nSPS) is 11.0. The van der Waals surface area contributed by atoms with Gasteiger partial charge in [0.05, 0.1) is 13.2 Å². The van der Waals surface area contributed by atoms with Gasteiger partial charge in [-0.3, -0.25) is 4.79 Å². The Bertz CT molecular complexity index is 277. The lowest BCUT2D eigenvalue weighted by Gasteiger charge is -1.95. The molecule has 0 aromatic heterocycles. The number of carbonyl (C=O) groups excluding carboxylic acids is 1. The van der Waals surface area contributed by atoms with E-state index in [4.69, 9.17) is 9.84 Å². The van der Waals surface area contributed by atoms with Crippen molar-refractivity contribution in [3.63, 3.8) is 0 Å². The van der Waals surface area contributed by atoms with Gasteiger partial charge in [0.15, 0.2) is 0 Å². The summed E-state index contributed by atoms with van der Waals surface area (Å²) in [4.78, 5) is 10.3. The van der Waals surface area contributed by atoms with Gasteiger partial charge in [0.1, 0.15) is 0 Å². The van der Waals surface area contributed by atoms with Crippen LogP contribution < -0.4 is 0 Å². The number of unbranched alkanes of at least 4 members (excludes halogenated alkanes) is 2. The highest BCUT2D eigenvalue weighted by molar-refractivity contribution is 5.65. The summed E-state index contributed by atoms with van der Waals surface area (Å²) in [6, 6.07) is 0. The maximum atomic E-state index is 10.3. The van der Waals surface area contributed by atoms with Crippen LogP contribution in [0.3, 0.4) is 0 Å². The minimum absolute atomic E-state index is 0.164. The van der Waals surface area contributed by atoms with Crippen LogP contribution in [0.1, 0.15) is 59.3 Å². The van der Waals surface area contributed by atoms with Crippen LogP contribution in [0, 0.1) is 0 Å². The first kappa shape index (κ1) is 21.9. The van der Waals surface area contributed by atoms with Gasteiger partial charge in [-0.25, -0.2) is 0 Å². The van der Waals surface area contributed by atoms with Crippen LogP contribution in [-0.2, 0) is 9.53 Å². The summed E-state index contributed by atoms with van der Waals surface area (Å²) in [5.41, 5.74) is 0. The van der Waals surface area contributed by atoms with Crippen molar-refractivity contribution < 1.29 is 14.6 Å². The topological polar surface area (TPSA) is 46.5 Å². The Kier molecular flexibility index (Phi) is 21.9. The molecule has 0 aromatic carbocycles. The fraction of sp³-hybridized carbons (Fsp3) is 0.611. The Balaban J connectivity index is 0. The number of aliphatic hydroxyl groups excluding tert-OH is 1. The summed E-state index contributed by atoms with van der Waals surface area (Å²) < 4.78 is 4.73. The van der Waals surface area contributed by atoms with Crippen LogP contribution >= 0.6 is 0 Å². The summed E-state index contributed by atoms with van der Waals surface area (Å²) in [6.07, 6.45) is 18.6. The molecule has 0 aliphatic rings. The minimum Gasteiger partial charge on any atom is -0.466 e. The van der Waals surface area contributed by atoms with E-state index in [1.165, 1.54) is 13.3 Å². The molecular formula is C18H32O3. The van der Waals surface area contributed by atoms with Crippen LogP contribution in [0.5, 0.6) is 0 Å². The van der Waals surface area contributed by atoms with E-state index >= 15 is 0 Å². The van der Waals surface area contributed by atoms with E-state index in [2.05, 4.69) is 32.1 Å². The van der Waals surface area contributed by atoms with Crippen LogP contribution in [0.25, 0.3) is 0 Å². The zero-order valence-corrected chi connectivity index (χ0v) is 13.9. The minimum atomic E-state index is -0.200. The van der Waals surface area contributed by atoms with Crippen molar-refractivity contribution >= 4 is 5.97 Å². The third-order valence-electron chi connectivity index (χ3n) is 2.39. The maximum absolute atomic E-state index is 10.3. The second kappa shape index (κ2) is 21.0. The summed E-state index contributed by atoms with van der Waals surface area (Å²) >= 11 is 0. The quantitative estimate of drug-likeness (QED) is 0.365. The molecule has 0 spiro atoms. The van der Waals surface area contributed by atoms with E-state index in [9.17, 15) is 4.79 Å². The maximum Gasteiger partial charge on any atom is 0.302 e. The number of allylic oxidation sites excluding steroid dienone is 4. The van der Waals surface area contributed by atoms with Gasteiger partial charge in [-0.2, -0.15) is 0 Å². The largest absolute Gasteiger partial charge is 0.466 e. The molecule has 0 radical (unpaired) electrons. The second-order valence-corrected chi connectivity index (χ2v) is 4.50. The van der Waals surface area contributed by atoms with Gasteiger partial charge < -0.3 is 9.84 Å². The van der Waals surface area contributed by atoms with Gasteiger partial charge >= 0.3 is 5.97 Å². The first-order chi connectivity index (χ1) is 10.2. The van der Waals surface area contributed by atoms with Crippen LogP contribution in [0.15, 0.2) is 36.5 Å². The van der Waals surface area contributed by atoms with Crippen molar-refractivity contribution in [3.8, 4) is 0 Å². The smallest absolute Gasteiger partial charge is 0.302 e. The van der Waals surface area contributed by atoms with Crippen LogP contribution in [0.2, 0.25) is 0 Å². The van der Waals surface area contributed by atoms with Gasteiger partial charge in [-0.05, 0) is 32.1 Å². The molecule has 0 aliphatic carbocycles. The predicted octanol–water partition coefficient (Wildman–Crippen LogP) is 4.58. The number of aliphatic hydroxyl groups is 1. The summed E-state index contributed by atoms with van der Waals surface area (Å²) in [6.45, 7) is 6.36. The SMILES string of the molecule is CC/C=C/CC/C=C/CO.CCC/C=C\CCOC(C)=O. The second-order valence-electron chi connectivity index (χ2n) is 4.50. The monoisotopic (exact) mass is 296 g/mol. The zero-order chi connectivity index (χ0) is 16.2. The van der Waals surface area contributed by atoms with E-state index in [-0.39, 0.29) is 12.6 Å². The zero-order valence-electron chi connectivity index (χ0n) is 13.9. The molecular weight excluding hydrogens is 264 g/mol. The fourth-order valence-corrected chi connectivity index (χ4v) is 1.34. The van der Waals surface area contributed by atoms with Crippen molar-refractivity contribution in [2.24, 2.45) is 0 Å². The molecule has 21 heavy (non-hydrogen) atoms. The van der Waals surface area contributed by atoms with Gasteiger partial charge in [0.2, 0.25) is 0 Å². The molecule has 0 saturated carbocycles. The molecule has 0 saturated heterocycles. The van der Waals surface area contributed by atoms with Crippen molar-refractivity contribution in [2.45, 2.75) is 59.3 Å². The van der Waals surface area contributed by atoms with Crippen molar-refractivity contribution in [2.75, 3.05) is 13.2 Å². The molecule has 0 atom stereocenters. The standard InChI is InChI=1S/C9H16O2.C9H16O/c1-3-4-5-6-7-8-11-9(2)10;1-2-3-4-5-6-7-8-9-10/h5-6H,3-4,7-8H2,1-2H3;3-4,7-8,10H,2,5-6,9H2,1H3/b6-5-;4-3+,8-7+. The Morgan fingerprint density at radius 1 is 0.905 bits per heavy atom. The van der Waals surface area contributed by atoms with Gasteiger partial charge in [-0.1, -0.05) is 56.7 Å². The molecule has 0 amide bonds. The average molecular weight is 296 g/mol. The molecule has 0 rings (SSSR count). The van der Waals surface area contributed by atoms with E-state index in [1.54, 1.807) is 6.08 Å². The first-order valence-electron chi connectivity index (χ1n) is 7.88. The molecule has 3 nitrogen and oxygen atoms in total. The van der Waals surface area contributed by atoms with E-state index in [0.717, 1.165) is 32.1 Å². The number of esters is 1. The molecule has 0 aromatic rings. The molecule has 1 N–H and O–H groups in total. The highest BCUT2D eigenvalue weighted by atomic mass is 16.5. The van der Waals surface area contributed by atoms with Crippen molar-refractivity contribution in [1.82, 2.24) is 0 Å². The number of rotatable bonds is 10. The van der Waals surface area contributed by atoms with E-state index in [1.807, 2.05) is 12.2 Å². The third kappa shape index (κ3) is 27.7. The molecule has 0 unspecified atom stereocenters. The van der Waals surface area contributed by atoms with E-state index < -0.39 is 0 Å². The van der Waals surface area contributed by atoms with Crippen LogP contribution in [-0.4, -0.2) is 24.3 Å². The molecule has 3 heteroatoms. The highest BCUT2D eigenvalue weighted by Crippen LogP contribution is 1.93. The molecule has 0 aliphatic heterocycles. The number of ether oxygens (including phenoxy) is 1. The van der Waals surface area contributed by atoms with E-state index in [0.29, 0.717) is 6.61 Å². The summed E-state index contributed by atoms with van der Waals surface area (Å²) in [5.74, 6) is -0.200. The number of hydrogen-bond acceptors (Lipinski definition) is 3. The van der Waals surface area contributed by atoms with Crippen molar-refractivity contribution in [1.29, 1.82) is 0 Å². The Hall–Kier alpha value is -1.35. The van der Waals surface area contributed by atoms with Crippen molar-refractivity contribution in [3.05, 3.63) is 36.5 Å². The lowest BCUT2D eigenvalue weighted by molar-refractivity contribution is -0.140. The summed E-state index contributed by atoms with van der Waals surface area (Å²) in [5, 5.41) is 8.36. The molecule has 0 heterocycles. The van der Waals surface area contributed by atoms with Gasteiger partial charge in [-0.15, -0.1) is 0 Å². The van der Waals surface area contributed by atoms with Crippen LogP contribution in [0.4, 0.5) is 0 Å². The van der Waals surface area contributed by atoms with Gasteiger partial charge in [0.25, 0.3) is 0 Å². The average Bonchev–Trinajstić information content (AvgIpc) is 2.47. The third-order valence-corrected chi connectivity index (χ3v) is 2.39. The number of carbonyl (C=O) groups is 1. The first-order valence-corrected chi connectivity index (χ1v) is 7.88. The molecule has 0 fully saturated rings. The molecule has 0 bridgehead atoms. The van der Waals surface area contributed by atoms with Gasteiger partial charge in [0, 0.05) is 6.92 Å².